The van der Waals surface area contributed by atoms with Crippen LogP contribution in [0.25, 0.3) is 6.08 Å². The molecule has 3 rings (SSSR count). The molecule has 0 unspecified atom stereocenters. The van der Waals surface area contributed by atoms with Crippen LogP contribution >= 0.6 is 0 Å². The number of nitrogens with one attached hydrogen (secondary N) is 1. The second kappa shape index (κ2) is 7.04. The van der Waals surface area contributed by atoms with Crippen LogP contribution in [-0.4, -0.2) is 34.7 Å². The fraction of sp³-hybridized carbons (Fsp3) is 0.400. The minimum absolute atomic E-state index is 0.0362. The van der Waals surface area contributed by atoms with Gasteiger partial charge in [0, 0.05) is 24.4 Å². The normalized spacial score (nSPS) is 19.0. The number of fused-ring (bicyclic) bond motifs is 3. The van der Waals surface area contributed by atoms with Gasteiger partial charge in [-0.3, -0.25) is 14.7 Å². The maximum atomic E-state index is 12.9. The van der Waals surface area contributed by atoms with E-state index in [9.17, 15) is 4.79 Å². The number of aromatic amines is 1. The van der Waals surface area contributed by atoms with Crippen molar-refractivity contribution in [2.75, 3.05) is 13.1 Å². The lowest BCUT2D eigenvalue weighted by Crippen LogP contribution is -2.43. The van der Waals surface area contributed by atoms with Gasteiger partial charge >= 0.3 is 0 Å². The zero-order valence-electron chi connectivity index (χ0n) is 14.7. The number of amidine groups is 1. The first kappa shape index (κ1) is 16.5. The Morgan fingerprint density at radius 2 is 2.25 bits per heavy atom. The lowest BCUT2D eigenvalue weighted by Gasteiger charge is -2.29. The highest BCUT2D eigenvalue weighted by Crippen LogP contribution is 2.30. The summed E-state index contributed by atoms with van der Waals surface area (Å²) in [5.41, 5.74) is 5.67. The summed E-state index contributed by atoms with van der Waals surface area (Å²) in [5, 5.41) is 0. The van der Waals surface area contributed by atoms with Crippen LogP contribution in [0.5, 0.6) is 0 Å². The number of amides is 1. The maximum Gasteiger partial charge on any atom is 0.255 e. The molecule has 1 aliphatic carbocycles. The van der Waals surface area contributed by atoms with Gasteiger partial charge in [-0.2, -0.15) is 0 Å². The number of hydrogen-bond donors (Lipinski definition) is 1. The van der Waals surface area contributed by atoms with Gasteiger partial charge in [0.15, 0.2) is 5.84 Å². The van der Waals surface area contributed by atoms with Crippen LogP contribution in [0.4, 0.5) is 0 Å². The number of aromatic nitrogens is 1. The zero-order valence-corrected chi connectivity index (χ0v) is 14.7. The summed E-state index contributed by atoms with van der Waals surface area (Å²) in [5.74, 6) is 0.828. The predicted octanol–water partition coefficient (Wildman–Crippen LogP) is 3.65. The van der Waals surface area contributed by atoms with Gasteiger partial charge in [0.05, 0.1) is 5.69 Å². The van der Waals surface area contributed by atoms with Crippen molar-refractivity contribution in [3.05, 3.63) is 52.4 Å². The molecule has 0 saturated carbocycles. The number of hydrogen-bond acceptors (Lipinski definition) is 2. The van der Waals surface area contributed by atoms with E-state index in [0.717, 1.165) is 36.4 Å². The van der Waals surface area contributed by atoms with Crippen molar-refractivity contribution in [1.29, 1.82) is 0 Å². The summed E-state index contributed by atoms with van der Waals surface area (Å²) in [7, 11) is 0. The van der Waals surface area contributed by atoms with E-state index in [4.69, 9.17) is 0 Å². The molecule has 126 valence electrons. The summed E-state index contributed by atoms with van der Waals surface area (Å²) in [4.78, 5) is 22.9. The van der Waals surface area contributed by atoms with E-state index >= 15 is 0 Å². The van der Waals surface area contributed by atoms with Crippen LogP contribution in [0.15, 0.2) is 34.9 Å². The molecule has 0 aromatic carbocycles. The average molecular weight is 323 g/mol. The van der Waals surface area contributed by atoms with E-state index in [1.165, 1.54) is 16.8 Å². The van der Waals surface area contributed by atoms with E-state index in [2.05, 4.69) is 22.1 Å². The van der Waals surface area contributed by atoms with Gasteiger partial charge in [0.25, 0.3) is 5.91 Å². The third-order valence-corrected chi connectivity index (χ3v) is 4.57. The van der Waals surface area contributed by atoms with E-state index in [1.807, 2.05) is 43.9 Å². The van der Waals surface area contributed by atoms with Crippen LogP contribution in [-0.2, 0) is 17.6 Å². The molecule has 0 fully saturated rings. The quantitative estimate of drug-likeness (QED) is 0.670. The Kier molecular flexibility index (Phi) is 4.84. The summed E-state index contributed by atoms with van der Waals surface area (Å²) >= 11 is 0. The molecule has 24 heavy (non-hydrogen) atoms. The molecule has 4 nitrogen and oxygen atoms in total. The van der Waals surface area contributed by atoms with Gasteiger partial charge < -0.3 is 4.98 Å². The van der Waals surface area contributed by atoms with Gasteiger partial charge in [-0.25, -0.2) is 0 Å². The molecule has 0 spiro atoms. The number of aryl methyl sites for hydroxylation is 1. The number of carbonyl (C=O) groups is 1. The minimum Gasteiger partial charge on any atom is -0.355 e. The number of nitrogens with zero attached hydrogens (tertiary/aromatic N) is 2. The van der Waals surface area contributed by atoms with Crippen molar-refractivity contribution in [3.63, 3.8) is 0 Å². The van der Waals surface area contributed by atoms with Gasteiger partial charge in [-0.1, -0.05) is 30.4 Å². The van der Waals surface area contributed by atoms with Gasteiger partial charge in [0.2, 0.25) is 0 Å². The van der Waals surface area contributed by atoms with E-state index < -0.39 is 0 Å². The average Bonchev–Trinajstić information content (AvgIpc) is 2.98. The topological polar surface area (TPSA) is 48.5 Å². The number of H-pyrrole nitrogens is 1. The van der Waals surface area contributed by atoms with E-state index in [-0.39, 0.29) is 5.91 Å². The highest BCUT2D eigenvalue weighted by molar-refractivity contribution is 6.13. The Bertz CT molecular complexity index is 762. The molecule has 0 bridgehead atoms. The number of allylic oxidation sites excluding steroid dienone is 4. The fourth-order valence-electron chi connectivity index (χ4n) is 3.39. The lowest BCUT2D eigenvalue weighted by molar-refractivity contribution is -0.123. The molecule has 4 heteroatoms. The minimum atomic E-state index is 0.0362. The van der Waals surface area contributed by atoms with E-state index in [1.54, 1.807) is 0 Å². The maximum absolute atomic E-state index is 12.9. The third kappa shape index (κ3) is 2.88. The Labute approximate surface area is 143 Å². The van der Waals surface area contributed by atoms with Gasteiger partial charge in [-0.15, -0.1) is 0 Å². The molecule has 2 aliphatic rings. The van der Waals surface area contributed by atoms with Gasteiger partial charge in [0.1, 0.15) is 0 Å². The van der Waals surface area contributed by atoms with Crippen molar-refractivity contribution in [3.8, 4) is 0 Å². The van der Waals surface area contributed by atoms with Crippen molar-refractivity contribution in [2.24, 2.45) is 4.99 Å². The van der Waals surface area contributed by atoms with Crippen LogP contribution in [0.2, 0.25) is 0 Å². The van der Waals surface area contributed by atoms with Crippen LogP contribution in [0.1, 0.15) is 49.7 Å². The number of rotatable bonds is 3. The summed E-state index contributed by atoms with van der Waals surface area (Å²) < 4.78 is 0. The molecule has 1 N–H and O–H groups in total. The Morgan fingerprint density at radius 1 is 1.42 bits per heavy atom. The molecule has 0 atom stereocenters. The molecular formula is C20H25N3O. The molecule has 0 radical (unpaired) electrons. The predicted molar refractivity (Wildman–Crippen MR) is 99.2 cm³/mol. The largest absolute Gasteiger partial charge is 0.355 e. The van der Waals surface area contributed by atoms with Crippen molar-refractivity contribution >= 4 is 17.8 Å². The first-order valence-electron chi connectivity index (χ1n) is 8.73. The summed E-state index contributed by atoms with van der Waals surface area (Å²) in [6.07, 6.45) is 13.1. The van der Waals surface area contributed by atoms with Gasteiger partial charge in [-0.05, 0) is 51.2 Å². The van der Waals surface area contributed by atoms with Crippen molar-refractivity contribution in [2.45, 2.75) is 40.0 Å². The smallest absolute Gasteiger partial charge is 0.255 e. The second-order valence-corrected chi connectivity index (χ2v) is 6.19. The molecule has 0 saturated heterocycles. The summed E-state index contributed by atoms with van der Waals surface area (Å²) in [6.45, 7) is 7.17. The first-order chi connectivity index (χ1) is 11.7. The SMILES string of the molecule is C/C=C\C=C(/C)C(=O)N1CCc2c([nH]c3c2C=CCC3)C1=NCC. The summed E-state index contributed by atoms with van der Waals surface area (Å²) in [6, 6.07) is 0. The molecule has 1 aliphatic heterocycles. The van der Waals surface area contributed by atoms with Crippen LogP contribution in [0, 0.1) is 0 Å². The molecule has 2 heterocycles. The fourth-order valence-corrected chi connectivity index (χ4v) is 3.39. The monoisotopic (exact) mass is 323 g/mol. The Balaban J connectivity index is 2.00. The van der Waals surface area contributed by atoms with E-state index in [0.29, 0.717) is 13.1 Å². The molecular weight excluding hydrogens is 298 g/mol. The standard InChI is InChI=1S/C20H25N3O/c1-4-6-9-14(3)20(24)23-13-12-16-15-10-7-8-11-17(15)22-18(16)19(23)21-5-2/h4,6-7,9-10,22H,5,8,11-13H2,1-3H3/b6-4-,14-9+,21-19?. The Hall–Kier alpha value is -2.36. The zero-order chi connectivity index (χ0) is 17.1. The lowest BCUT2D eigenvalue weighted by atomic mass is 9.96. The first-order valence-corrected chi connectivity index (χ1v) is 8.73. The Morgan fingerprint density at radius 3 is 3.00 bits per heavy atom. The second-order valence-electron chi connectivity index (χ2n) is 6.19. The van der Waals surface area contributed by atoms with Crippen LogP contribution in [0.3, 0.4) is 0 Å². The van der Waals surface area contributed by atoms with Crippen molar-refractivity contribution < 1.29 is 4.79 Å². The highest BCUT2D eigenvalue weighted by atomic mass is 16.2. The van der Waals surface area contributed by atoms with Crippen LogP contribution < -0.4 is 0 Å². The molecule has 1 aromatic rings. The molecule has 1 aromatic heterocycles. The van der Waals surface area contributed by atoms with Crippen molar-refractivity contribution in [1.82, 2.24) is 9.88 Å². The number of carbonyl (C=O) groups excluding carboxylic acids is 1. The highest BCUT2D eigenvalue weighted by Gasteiger charge is 2.31. The number of aliphatic imine (C=N–C) groups is 1. The molecule has 1 amide bonds. The third-order valence-electron chi connectivity index (χ3n) is 4.57.